The van der Waals surface area contributed by atoms with Gasteiger partial charge in [0.1, 0.15) is 42.2 Å². The molecule has 1 aromatic carbocycles. The van der Waals surface area contributed by atoms with Gasteiger partial charge in [0, 0.05) is 24.3 Å². The second kappa shape index (κ2) is 17.5. The van der Waals surface area contributed by atoms with Crippen molar-refractivity contribution in [3.05, 3.63) is 48.1 Å². The molecule has 3 bridgehead atoms. The Bertz CT molecular complexity index is 2240. The summed E-state index contributed by atoms with van der Waals surface area (Å²) in [6.07, 6.45) is 16.4. The Kier molecular flexibility index (Phi) is 12.0. The Balaban J connectivity index is 1.06. The molecule has 15 nitrogen and oxygen atoms in total. The van der Waals surface area contributed by atoms with E-state index in [0.29, 0.717) is 61.4 Å². The number of rotatable bonds is 7. The number of likely N-dealkylation sites (tertiary alicyclic amines) is 1. The number of aromatic nitrogens is 1. The summed E-state index contributed by atoms with van der Waals surface area (Å²) in [5, 5.41) is 6.66. The quantitative estimate of drug-likeness (QED) is 0.314. The summed E-state index contributed by atoms with van der Waals surface area (Å²) >= 11 is 0. The monoisotopic (exact) mass is 872 g/mol. The lowest BCUT2D eigenvalue weighted by atomic mass is 10.0. The lowest BCUT2D eigenvalue weighted by molar-refractivity contribution is -0.141. The molecule has 62 heavy (non-hydrogen) atoms. The SMILES string of the molecule is CC1(S(=O)(=O)NC(=O)[C@@]23C[C@H]2/C=C\CCCCC[C@@H]2NC(=O)O[C@@H]4C[C@H]4CCC/C=C/c4c(nc5ccccc5c4OCCN4CCCC4)O[C@@H]4C[C@@H](C(=O)N3)N(C4)C2=O)CC1. The van der Waals surface area contributed by atoms with Crippen LogP contribution >= 0.6 is 0 Å². The average molecular weight is 873 g/mol. The van der Waals surface area contributed by atoms with Crippen molar-refractivity contribution in [1.29, 1.82) is 0 Å². The van der Waals surface area contributed by atoms with Crippen LogP contribution in [0.5, 0.6) is 11.6 Å². The maximum atomic E-state index is 14.8. The Hall–Kier alpha value is -4.70. The fourth-order valence-electron chi connectivity index (χ4n) is 9.64. The van der Waals surface area contributed by atoms with Gasteiger partial charge in [0.05, 0.1) is 22.4 Å². The summed E-state index contributed by atoms with van der Waals surface area (Å²) in [7, 11) is -4.00. The average Bonchev–Trinajstić information content (AvgIpc) is 4.19. The van der Waals surface area contributed by atoms with E-state index >= 15 is 0 Å². The van der Waals surface area contributed by atoms with Crippen molar-refractivity contribution >= 4 is 50.8 Å². The van der Waals surface area contributed by atoms with Gasteiger partial charge in [-0.3, -0.25) is 24.0 Å². The molecule has 9 rings (SSSR count). The van der Waals surface area contributed by atoms with Crippen LogP contribution in [0.15, 0.2) is 42.5 Å². The molecule has 3 N–H and O–H groups in total. The second-order valence-electron chi connectivity index (χ2n) is 18.7. The summed E-state index contributed by atoms with van der Waals surface area (Å²) in [5.41, 5.74) is -0.163. The molecule has 16 heteroatoms. The summed E-state index contributed by atoms with van der Waals surface area (Å²) < 4.78 is 47.1. The van der Waals surface area contributed by atoms with Crippen molar-refractivity contribution in [3.8, 4) is 11.6 Å². The minimum Gasteiger partial charge on any atom is -0.491 e. The number of para-hydroxylation sites is 1. The molecule has 4 aliphatic heterocycles. The zero-order chi connectivity index (χ0) is 43.1. The number of carbonyl (C=O) groups is 4. The first kappa shape index (κ1) is 42.6. The summed E-state index contributed by atoms with van der Waals surface area (Å²) in [4.78, 5) is 65.8. The number of nitrogens with zero attached hydrogens (tertiary/aromatic N) is 3. The Labute approximate surface area is 363 Å². The van der Waals surface area contributed by atoms with E-state index in [1.807, 2.05) is 42.5 Å². The van der Waals surface area contributed by atoms with Crippen LogP contribution < -0.4 is 24.8 Å². The Morgan fingerprint density at radius 3 is 2.61 bits per heavy atom. The van der Waals surface area contributed by atoms with Crippen LogP contribution in [0.25, 0.3) is 17.0 Å². The third-order valence-electron chi connectivity index (χ3n) is 14.1. The van der Waals surface area contributed by atoms with Gasteiger partial charge in [-0.05, 0) is 121 Å². The molecule has 5 heterocycles. The molecule has 7 atom stereocenters. The highest BCUT2D eigenvalue weighted by atomic mass is 32.2. The van der Waals surface area contributed by atoms with E-state index in [9.17, 15) is 27.6 Å². The Morgan fingerprint density at radius 2 is 1.79 bits per heavy atom. The summed E-state index contributed by atoms with van der Waals surface area (Å²) in [6.45, 7) is 4.96. The number of fused-ring (bicyclic) bond motifs is 6. The number of carbonyl (C=O) groups excluding carboxylic acids is 4. The first-order chi connectivity index (χ1) is 29.9. The molecule has 5 fully saturated rings. The predicted molar refractivity (Wildman–Crippen MR) is 232 cm³/mol. The van der Waals surface area contributed by atoms with Crippen LogP contribution in [-0.4, -0.2) is 114 Å². The number of hydrogen-bond acceptors (Lipinski definition) is 11. The lowest BCUT2D eigenvalue weighted by Gasteiger charge is -2.30. The van der Waals surface area contributed by atoms with E-state index in [0.717, 1.165) is 63.5 Å². The van der Waals surface area contributed by atoms with Crippen molar-refractivity contribution in [2.75, 3.05) is 32.8 Å². The molecular weight excluding hydrogens is 813 g/mol. The third kappa shape index (κ3) is 9.04. The number of pyridine rings is 1. The van der Waals surface area contributed by atoms with Gasteiger partial charge in [-0.25, -0.2) is 18.2 Å². The van der Waals surface area contributed by atoms with Crippen LogP contribution in [0.1, 0.15) is 109 Å². The number of hydrogen-bond donors (Lipinski definition) is 3. The molecule has 0 spiro atoms. The summed E-state index contributed by atoms with van der Waals surface area (Å²) in [6, 6.07) is 5.68. The second-order valence-corrected chi connectivity index (χ2v) is 20.9. The van der Waals surface area contributed by atoms with Gasteiger partial charge < -0.3 is 29.7 Å². The van der Waals surface area contributed by atoms with E-state index in [1.165, 1.54) is 17.7 Å². The highest BCUT2D eigenvalue weighted by Gasteiger charge is 2.63. The molecule has 2 saturated heterocycles. The molecule has 0 radical (unpaired) electrons. The highest BCUT2D eigenvalue weighted by Crippen LogP contribution is 2.48. The van der Waals surface area contributed by atoms with Crippen molar-refractivity contribution < 1.29 is 41.8 Å². The van der Waals surface area contributed by atoms with Gasteiger partial charge in [-0.1, -0.05) is 43.2 Å². The first-order valence-corrected chi connectivity index (χ1v) is 24.4. The van der Waals surface area contributed by atoms with Crippen LogP contribution in [-0.2, 0) is 29.1 Å². The third-order valence-corrected chi connectivity index (χ3v) is 16.2. The number of alkyl carbamates (subject to hydrolysis) is 1. The zero-order valence-corrected chi connectivity index (χ0v) is 36.5. The minimum atomic E-state index is -4.00. The summed E-state index contributed by atoms with van der Waals surface area (Å²) in [5.74, 6) is -1.07. The van der Waals surface area contributed by atoms with Crippen LogP contribution in [0.2, 0.25) is 0 Å². The molecule has 0 unspecified atom stereocenters. The van der Waals surface area contributed by atoms with Crippen molar-refractivity contribution in [2.24, 2.45) is 11.8 Å². The maximum absolute atomic E-state index is 14.8. The number of ether oxygens (including phenoxy) is 3. The van der Waals surface area contributed by atoms with E-state index in [-0.39, 0.29) is 31.4 Å². The van der Waals surface area contributed by atoms with Gasteiger partial charge in [0.2, 0.25) is 27.7 Å². The molecule has 334 valence electrons. The molecule has 1 aromatic heterocycles. The minimum absolute atomic E-state index is 0.00702. The zero-order valence-electron chi connectivity index (χ0n) is 35.6. The lowest BCUT2D eigenvalue weighted by Crippen LogP contribution is -2.58. The molecule has 4 amide bonds. The van der Waals surface area contributed by atoms with Gasteiger partial charge >= 0.3 is 6.09 Å². The van der Waals surface area contributed by atoms with Crippen molar-refractivity contribution in [2.45, 2.75) is 138 Å². The van der Waals surface area contributed by atoms with Crippen molar-refractivity contribution in [1.82, 2.24) is 30.1 Å². The van der Waals surface area contributed by atoms with E-state index in [1.54, 1.807) is 6.92 Å². The van der Waals surface area contributed by atoms with E-state index in [4.69, 9.17) is 19.2 Å². The standard InChI is InChI=1S/C46H60N6O9S/c1-45(20-21-45)62(57,58)50-43(55)46-28-31(46)15-7-3-2-4-9-19-36-42(54)52-29-32(27-37(52)40(53)49-46)60-41-34(17-8-5-6-14-30-26-38(30)61-44(56)48-36)39(33-16-10-11-18-35(33)47-41)59-25-24-51-22-12-13-23-51/h7-8,10-11,15-18,30-32,36-38H,2-6,9,12-14,19-29H2,1H3,(H,48,56)(H,49,53)(H,50,55)/b15-7-,17-8+/t30-,31-,32-,36+,37+,38-,46-/m1/s1. The van der Waals surface area contributed by atoms with E-state index in [2.05, 4.69) is 26.3 Å². The smallest absolute Gasteiger partial charge is 0.408 e. The fraction of sp³-hybridized carbons (Fsp3) is 0.630. The Morgan fingerprint density at radius 1 is 0.984 bits per heavy atom. The number of amides is 4. The van der Waals surface area contributed by atoms with Gasteiger partial charge in [0.25, 0.3) is 5.91 Å². The van der Waals surface area contributed by atoms with Crippen LogP contribution in [0, 0.1) is 11.8 Å². The molecular formula is C46H60N6O9S. The number of nitrogens with one attached hydrogen (secondary N) is 3. The fourth-order valence-corrected chi connectivity index (χ4v) is 10.9. The van der Waals surface area contributed by atoms with Gasteiger partial charge in [-0.15, -0.1) is 0 Å². The first-order valence-electron chi connectivity index (χ1n) is 22.9. The number of benzene rings is 1. The molecule has 3 aliphatic carbocycles. The number of sulfonamides is 1. The highest BCUT2D eigenvalue weighted by molar-refractivity contribution is 7.91. The topological polar surface area (TPSA) is 186 Å². The van der Waals surface area contributed by atoms with Gasteiger partial charge in [-0.2, -0.15) is 0 Å². The normalized spacial score (nSPS) is 32.4. The molecule has 2 aromatic rings. The maximum Gasteiger partial charge on any atom is 0.408 e. The largest absolute Gasteiger partial charge is 0.491 e. The molecule has 3 saturated carbocycles. The van der Waals surface area contributed by atoms with Crippen LogP contribution in [0.4, 0.5) is 4.79 Å². The number of allylic oxidation sites excluding steroid dienone is 2. The predicted octanol–water partition coefficient (Wildman–Crippen LogP) is 5.13. The van der Waals surface area contributed by atoms with Crippen LogP contribution in [0.3, 0.4) is 0 Å². The van der Waals surface area contributed by atoms with Gasteiger partial charge in [0.15, 0.2) is 0 Å². The van der Waals surface area contributed by atoms with Crippen molar-refractivity contribution in [3.63, 3.8) is 0 Å². The van der Waals surface area contributed by atoms with E-state index < -0.39 is 68.2 Å². The molecule has 7 aliphatic rings.